The number of fused-ring (bicyclic) bond motifs is 1. The fourth-order valence-electron chi connectivity index (χ4n) is 2.58. The van der Waals surface area contributed by atoms with Crippen molar-refractivity contribution in [3.05, 3.63) is 54.5 Å². The molecule has 0 spiro atoms. The van der Waals surface area contributed by atoms with Crippen LogP contribution in [0, 0.1) is 0 Å². The molecule has 0 saturated carbocycles. The van der Waals surface area contributed by atoms with Crippen molar-refractivity contribution in [3.8, 4) is 0 Å². The molecule has 0 unspecified atom stereocenters. The Balaban J connectivity index is 1.52. The van der Waals surface area contributed by atoms with Gasteiger partial charge in [-0.3, -0.25) is 4.79 Å². The summed E-state index contributed by atoms with van der Waals surface area (Å²) in [6.07, 6.45) is 9.76. The fraction of sp³-hybridized carbons (Fsp3) is 0.353. The zero-order valence-corrected chi connectivity index (χ0v) is 13.4. The third kappa shape index (κ3) is 3.59. The van der Waals surface area contributed by atoms with E-state index in [2.05, 4.69) is 29.1 Å². The molecule has 0 atom stereocenters. The Morgan fingerprint density at radius 2 is 2.04 bits per heavy atom. The molecule has 0 aliphatic heterocycles. The number of aryl methyl sites for hydroxylation is 1. The van der Waals surface area contributed by atoms with Gasteiger partial charge in [-0.15, -0.1) is 0 Å². The van der Waals surface area contributed by atoms with Gasteiger partial charge in [-0.1, -0.05) is 13.8 Å². The summed E-state index contributed by atoms with van der Waals surface area (Å²) in [5, 5.41) is 2.96. The lowest BCUT2D eigenvalue weighted by molar-refractivity contribution is -0.121. The number of nitrogens with zero attached hydrogens (tertiary/aromatic N) is 4. The summed E-state index contributed by atoms with van der Waals surface area (Å²) >= 11 is 0. The van der Waals surface area contributed by atoms with Crippen LogP contribution in [0.4, 0.5) is 0 Å². The first-order chi connectivity index (χ1) is 11.1. The maximum Gasteiger partial charge on any atom is 0.222 e. The van der Waals surface area contributed by atoms with Gasteiger partial charge < -0.3 is 14.3 Å². The van der Waals surface area contributed by atoms with E-state index in [4.69, 9.17) is 0 Å². The Hall–Kier alpha value is -2.63. The molecule has 6 nitrogen and oxygen atoms in total. The average molecular weight is 311 g/mol. The van der Waals surface area contributed by atoms with Crippen LogP contribution in [-0.2, 0) is 17.9 Å². The van der Waals surface area contributed by atoms with E-state index >= 15 is 0 Å². The molecule has 3 heterocycles. The van der Waals surface area contributed by atoms with Crippen molar-refractivity contribution in [2.75, 3.05) is 0 Å². The summed E-state index contributed by atoms with van der Waals surface area (Å²) in [4.78, 5) is 20.6. The van der Waals surface area contributed by atoms with Crippen LogP contribution in [-0.4, -0.2) is 24.8 Å². The van der Waals surface area contributed by atoms with E-state index in [-0.39, 0.29) is 5.91 Å². The maximum absolute atomic E-state index is 12.0. The SMILES string of the molecule is CC(C)c1nccn1CCC(=O)NCc1ccn2ccnc2c1. The van der Waals surface area contributed by atoms with E-state index in [0.29, 0.717) is 25.4 Å². The Labute approximate surface area is 135 Å². The van der Waals surface area contributed by atoms with Crippen LogP contribution in [0.3, 0.4) is 0 Å². The number of imidazole rings is 2. The molecule has 0 aliphatic rings. The Kier molecular flexibility index (Phi) is 4.41. The molecule has 0 saturated heterocycles. The van der Waals surface area contributed by atoms with Crippen LogP contribution >= 0.6 is 0 Å². The third-order valence-electron chi connectivity index (χ3n) is 3.80. The number of carbonyl (C=O) groups is 1. The second-order valence-electron chi connectivity index (χ2n) is 5.89. The minimum Gasteiger partial charge on any atom is -0.352 e. The van der Waals surface area contributed by atoms with Gasteiger partial charge in [0.15, 0.2) is 0 Å². The second-order valence-corrected chi connectivity index (χ2v) is 5.89. The molecule has 23 heavy (non-hydrogen) atoms. The average Bonchev–Trinajstić information content (AvgIpc) is 3.18. The smallest absolute Gasteiger partial charge is 0.222 e. The summed E-state index contributed by atoms with van der Waals surface area (Å²) in [6.45, 7) is 5.37. The van der Waals surface area contributed by atoms with Gasteiger partial charge >= 0.3 is 0 Å². The number of hydrogen-bond acceptors (Lipinski definition) is 3. The monoisotopic (exact) mass is 311 g/mol. The number of aromatic nitrogens is 4. The number of carbonyl (C=O) groups excluding carboxylic acids is 1. The van der Waals surface area contributed by atoms with Gasteiger partial charge in [0.05, 0.1) is 0 Å². The largest absolute Gasteiger partial charge is 0.352 e. The lowest BCUT2D eigenvalue weighted by atomic mass is 10.2. The maximum atomic E-state index is 12.0. The van der Waals surface area contributed by atoms with Crippen LogP contribution in [0.2, 0.25) is 0 Å². The van der Waals surface area contributed by atoms with E-state index in [1.54, 1.807) is 12.4 Å². The van der Waals surface area contributed by atoms with E-state index in [1.807, 2.05) is 39.7 Å². The van der Waals surface area contributed by atoms with Crippen molar-refractivity contribution in [1.82, 2.24) is 24.3 Å². The van der Waals surface area contributed by atoms with Gasteiger partial charge in [0.2, 0.25) is 5.91 Å². The highest BCUT2D eigenvalue weighted by atomic mass is 16.1. The normalized spacial score (nSPS) is 11.3. The molecule has 3 rings (SSSR count). The fourth-order valence-corrected chi connectivity index (χ4v) is 2.58. The molecular formula is C17H21N5O. The first-order valence-electron chi connectivity index (χ1n) is 7.83. The molecule has 6 heteroatoms. The quantitative estimate of drug-likeness (QED) is 0.760. The van der Waals surface area contributed by atoms with Crippen molar-refractivity contribution in [1.29, 1.82) is 0 Å². The summed E-state index contributed by atoms with van der Waals surface area (Å²) in [5.41, 5.74) is 1.93. The minimum atomic E-state index is 0.0385. The molecule has 0 bridgehead atoms. The summed E-state index contributed by atoms with van der Waals surface area (Å²) in [5.74, 6) is 1.41. The topological polar surface area (TPSA) is 64.2 Å². The summed E-state index contributed by atoms with van der Waals surface area (Å²) in [7, 11) is 0. The molecule has 0 aromatic carbocycles. The number of nitrogens with one attached hydrogen (secondary N) is 1. The molecule has 0 radical (unpaired) electrons. The zero-order chi connectivity index (χ0) is 16.2. The summed E-state index contributed by atoms with van der Waals surface area (Å²) in [6, 6.07) is 3.97. The van der Waals surface area contributed by atoms with Gasteiger partial charge in [-0.2, -0.15) is 0 Å². The summed E-state index contributed by atoms with van der Waals surface area (Å²) < 4.78 is 3.98. The third-order valence-corrected chi connectivity index (χ3v) is 3.80. The zero-order valence-electron chi connectivity index (χ0n) is 13.4. The lowest BCUT2D eigenvalue weighted by Gasteiger charge is -2.10. The molecule has 1 N–H and O–H groups in total. The van der Waals surface area contributed by atoms with Crippen LogP contribution in [0.1, 0.15) is 37.6 Å². The van der Waals surface area contributed by atoms with Crippen molar-refractivity contribution >= 4 is 11.6 Å². The molecule has 0 fully saturated rings. The molecular weight excluding hydrogens is 290 g/mol. The number of rotatable bonds is 6. The van der Waals surface area contributed by atoms with E-state index in [0.717, 1.165) is 17.0 Å². The van der Waals surface area contributed by atoms with E-state index < -0.39 is 0 Å². The van der Waals surface area contributed by atoms with Gasteiger partial charge in [-0.25, -0.2) is 9.97 Å². The molecule has 3 aromatic rings. The van der Waals surface area contributed by atoms with Crippen molar-refractivity contribution in [2.45, 2.75) is 39.3 Å². The van der Waals surface area contributed by atoms with E-state index in [9.17, 15) is 4.79 Å². The van der Waals surface area contributed by atoms with Crippen LogP contribution in [0.15, 0.2) is 43.1 Å². The first-order valence-corrected chi connectivity index (χ1v) is 7.83. The van der Waals surface area contributed by atoms with Crippen LogP contribution in [0.5, 0.6) is 0 Å². The molecule has 0 aliphatic carbocycles. The Morgan fingerprint density at radius 3 is 2.87 bits per heavy atom. The van der Waals surface area contributed by atoms with Crippen molar-refractivity contribution in [3.63, 3.8) is 0 Å². The molecule has 120 valence electrons. The van der Waals surface area contributed by atoms with E-state index in [1.165, 1.54) is 0 Å². The standard InChI is InChI=1S/C17H21N5O/c1-13(2)17-19-6-10-22(17)8-4-16(23)20-12-14-3-7-21-9-5-18-15(21)11-14/h3,5-7,9-11,13H,4,8,12H2,1-2H3,(H,20,23). The first kappa shape index (κ1) is 15.3. The molecule has 1 amide bonds. The highest BCUT2D eigenvalue weighted by Crippen LogP contribution is 2.12. The van der Waals surface area contributed by atoms with Gasteiger partial charge in [0.25, 0.3) is 0 Å². The van der Waals surface area contributed by atoms with Crippen LogP contribution < -0.4 is 5.32 Å². The van der Waals surface area contributed by atoms with Crippen molar-refractivity contribution in [2.24, 2.45) is 0 Å². The molecule has 3 aromatic heterocycles. The van der Waals surface area contributed by atoms with Gasteiger partial charge in [0.1, 0.15) is 11.5 Å². The predicted molar refractivity (Wildman–Crippen MR) is 88.0 cm³/mol. The highest BCUT2D eigenvalue weighted by molar-refractivity contribution is 5.75. The van der Waals surface area contributed by atoms with Crippen LogP contribution in [0.25, 0.3) is 5.65 Å². The Morgan fingerprint density at radius 1 is 1.22 bits per heavy atom. The lowest BCUT2D eigenvalue weighted by Crippen LogP contribution is -2.24. The second kappa shape index (κ2) is 6.64. The number of hydrogen-bond donors (Lipinski definition) is 1. The van der Waals surface area contributed by atoms with Gasteiger partial charge in [0, 0.05) is 56.4 Å². The highest BCUT2D eigenvalue weighted by Gasteiger charge is 2.09. The minimum absolute atomic E-state index is 0.0385. The number of amides is 1. The number of pyridine rings is 1. The van der Waals surface area contributed by atoms with Gasteiger partial charge in [-0.05, 0) is 17.7 Å². The predicted octanol–water partition coefficient (Wildman–Crippen LogP) is 2.36. The van der Waals surface area contributed by atoms with Crippen molar-refractivity contribution < 1.29 is 4.79 Å². The Bertz CT molecular complexity index is 802.